The number of nitrogens with zero attached hydrogens (tertiary/aromatic N) is 3. The van der Waals surface area contributed by atoms with Gasteiger partial charge in [0.15, 0.2) is 5.82 Å². The molecule has 1 aromatic rings. The van der Waals surface area contributed by atoms with E-state index in [0.29, 0.717) is 18.5 Å². The maximum atomic E-state index is 5.71. The Bertz CT molecular complexity index is 383. The number of piperidine rings is 1. The summed E-state index contributed by atoms with van der Waals surface area (Å²) in [6.07, 6.45) is 9.18. The van der Waals surface area contributed by atoms with Crippen LogP contribution in [-0.4, -0.2) is 35.7 Å². The molecule has 1 saturated heterocycles. The minimum absolute atomic E-state index is 0.495. The van der Waals surface area contributed by atoms with E-state index in [4.69, 9.17) is 10.5 Å². The van der Waals surface area contributed by atoms with Crippen molar-refractivity contribution in [3.63, 3.8) is 0 Å². The molecule has 0 saturated carbocycles. The van der Waals surface area contributed by atoms with Crippen LogP contribution in [0.25, 0.3) is 0 Å². The fraction of sp³-hybridized carbons (Fsp3) is 0.714. The summed E-state index contributed by atoms with van der Waals surface area (Å²) in [5.74, 6) is 1.54. The molecule has 2 N–H and O–H groups in total. The number of ether oxygens (including phenoxy) is 1. The van der Waals surface area contributed by atoms with Crippen molar-refractivity contribution in [2.24, 2.45) is 5.73 Å². The molecule has 0 radical (unpaired) electrons. The fourth-order valence-corrected chi connectivity index (χ4v) is 2.55. The van der Waals surface area contributed by atoms with Crippen LogP contribution in [0.2, 0.25) is 0 Å². The van der Waals surface area contributed by atoms with E-state index in [2.05, 4.69) is 21.8 Å². The molecule has 5 nitrogen and oxygen atoms in total. The van der Waals surface area contributed by atoms with Gasteiger partial charge >= 0.3 is 0 Å². The summed E-state index contributed by atoms with van der Waals surface area (Å²) in [6.45, 7) is 4.53. The Morgan fingerprint density at radius 1 is 1.42 bits per heavy atom. The van der Waals surface area contributed by atoms with E-state index in [0.717, 1.165) is 31.7 Å². The second kappa shape index (κ2) is 7.28. The molecule has 1 aliphatic heterocycles. The second-order valence-electron chi connectivity index (χ2n) is 4.98. The van der Waals surface area contributed by atoms with Gasteiger partial charge in [0.2, 0.25) is 5.88 Å². The molecule has 1 unspecified atom stereocenters. The number of rotatable bonds is 6. The van der Waals surface area contributed by atoms with Crippen LogP contribution in [0.5, 0.6) is 5.88 Å². The zero-order valence-electron chi connectivity index (χ0n) is 11.7. The van der Waals surface area contributed by atoms with Gasteiger partial charge in [-0.25, -0.2) is 0 Å². The highest BCUT2D eigenvalue weighted by Crippen LogP contribution is 2.25. The summed E-state index contributed by atoms with van der Waals surface area (Å²) in [5, 5.41) is 0. The molecule has 1 fully saturated rings. The molecule has 1 aromatic heterocycles. The maximum absolute atomic E-state index is 5.71. The third kappa shape index (κ3) is 3.80. The molecule has 0 amide bonds. The standard InChI is InChI=1S/C14H24N4O/c1-2-9-19-14-11-16-10-13(17-14)18-8-4-3-5-12(18)6-7-15/h10-12H,2-9,15H2,1H3. The molecule has 0 bridgehead atoms. The molecule has 19 heavy (non-hydrogen) atoms. The van der Waals surface area contributed by atoms with E-state index in [1.807, 2.05) is 6.20 Å². The molecular formula is C14H24N4O. The summed E-state index contributed by atoms with van der Waals surface area (Å²) in [6, 6.07) is 0.495. The third-order valence-corrected chi connectivity index (χ3v) is 3.48. The minimum atomic E-state index is 0.495. The summed E-state index contributed by atoms with van der Waals surface area (Å²) in [4.78, 5) is 11.1. The number of nitrogens with two attached hydrogens (primary N) is 1. The lowest BCUT2D eigenvalue weighted by atomic mass is 9.99. The van der Waals surface area contributed by atoms with Crippen LogP contribution in [0.4, 0.5) is 5.82 Å². The molecular weight excluding hydrogens is 240 g/mol. The molecule has 106 valence electrons. The van der Waals surface area contributed by atoms with Gasteiger partial charge in [0, 0.05) is 12.6 Å². The topological polar surface area (TPSA) is 64.3 Å². The lowest BCUT2D eigenvalue weighted by Gasteiger charge is -2.36. The van der Waals surface area contributed by atoms with Crippen LogP contribution in [0.15, 0.2) is 12.4 Å². The van der Waals surface area contributed by atoms with Crippen molar-refractivity contribution in [3.8, 4) is 5.88 Å². The van der Waals surface area contributed by atoms with Gasteiger partial charge in [0.05, 0.1) is 19.0 Å². The van der Waals surface area contributed by atoms with Crippen LogP contribution in [-0.2, 0) is 0 Å². The van der Waals surface area contributed by atoms with E-state index in [1.54, 1.807) is 6.20 Å². The zero-order chi connectivity index (χ0) is 13.5. The van der Waals surface area contributed by atoms with Gasteiger partial charge in [0.25, 0.3) is 0 Å². The Labute approximate surface area is 115 Å². The first-order valence-corrected chi connectivity index (χ1v) is 7.26. The van der Waals surface area contributed by atoms with Crippen molar-refractivity contribution in [1.82, 2.24) is 9.97 Å². The highest BCUT2D eigenvalue weighted by molar-refractivity contribution is 5.39. The highest BCUT2D eigenvalue weighted by Gasteiger charge is 2.23. The average Bonchev–Trinajstić information content (AvgIpc) is 2.46. The van der Waals surface area contributed by atoms with Crippen LogP contribution in [0.1, 0.15) is 39.0 Å². The number of anilines is 1. The smallest absolute Gasteiger partial charge is 0.234 e. The van der Waals surface area contributed by atoms with Gasteiger partial charge in [-0.15, -0.1) is 0 Å². The predicted molar refractivity (Wildman–Crippen MR) is 76.5 cm³/mol. The summed E-state index contributed by atoms with van der Waals surface area (Å²) >= 11 is 0. The first-order chi connectivity index (χ1) is 9.35. The fourth-order valence-electron chi connectivity index (χ4n) is 2.55. The quantitative estimate of drug-likeness (QED) is 0.851. The maximum Gasteiger partial charge on any atom is 0.234 e. The Morgan fingerprint density at radius 2 is 2.32 bits per heavy atom. The Kier molecular flexibility index (Phi) is 5.39. The van der Waals surface area contributed by atoms with Gasteiger partial charge < -0.3 is 15.4 Å². The van der Waals surface area contributed by atoms with E-state index in [1.165, 1.54) is 19.3 Å². The SMILES string of the molecule is CCCOc1cncc(N2CCCCC2CCN)n1. The minimum Gasteiger partial charge on any atom is -0.477 e. The van der Waals surface area contributed by atoms with E-state index in [-0.39, 0.29) is 0 Å². The van der Waals surface area contributed by atoms with Crippen LogP contribution in [0.3, 0.4) is 0 Å². The first-order valence-electron chi connectivity index (χ1n) is 7.26. The number of aromatic nitrogens is 2. The number of hydrogen-bond donors (Lipinski definition) is 1. The van der Waals surface area contributed by atoms with E-state index >= 15 is 0 Å². The van der Waals surface area contributed by atoms with Crippen LogP contribution < -0.4 is 15.4 Å². The van der Waals surface area contributed by atoms with Crippen LogP contribution in [0, 0.1) is 0 Å². The molecule has 1 atom stereocenters. The zero-order valence-corrected chi connectivity index (χ0v) is 11.7. The second-order valence-corrected chi connectivity index (χ2v) is 4.98. The summed E-state index contributed by atoms with van der Waals surface area (Å²) in [5.41, 5.74) is 5.71. The van der Waals surface area contributed by atoms with Crippen molar-refractivity contribution >= 4 is 5.82 Å². The van der Waals surface area contributed by atoms with E-state index < -0.39 is 0 Å². The summed E-state index contributed by atoms with van der Waals surface area (Å²) < 4.78 is 5.56. The predicted octanol–water partition coefficient (Wildman–Crippen LogP) is 1.97. The summed E-state index contributed by atoms with van der Waals surface area (Å²) in [7, 11) is 0. The number of hydrogen-bond acceptors (Lipinski definition) is 5. The Hall–Kier alpha value is -1.36. The molecule has 2 rings (SSSR count). The van der Waals surface area contributed by atoms with Gasteiger partial charge in [-0.3, -0.25) is 4.98 Å². The Balaban J connectivity index is 2.09. The monoisotopic (exact) mass is 264 g/mol. The first kappa shape index (κ1) is 14.1. The molecule has 0 spiro atoms. The molecule has 0 aromatic carbocycles. The lowest BCUT2D eigenvalue weighted by Crippen LogP contribution is -2.41. The normalized spacial score (nSPS) is 19.5. The van der Waals surface area contributed by atoms with Crippen molar-refractivity contribution in [1.29, 1.82) is 0 Å². The van der Waals surface area contributed by atoms with Crippen LogP contribution >= 0.6 is 0 Å². The molecule has 0 aliphatic carbocycles. The molecule has 2 heterocycles. The van der Waals surface area contributed by atoms with Gasteiger partial charge in [0.1, 0.15) is 0 Å². The third-order valence-electron chi connectivity index (χ3n) is 3.48. The van der Waals surface area contributed by atoms with Gasteiger partial charge in [-0.2, -0.15) is 4.98 Å². The van der Waals surface area contributed by atoms with Gasteiger partial charge in [-0.05, 0) is 38.6 Å². The Morgan fingerprint density at radius 3 is 3.11 bits per heavy atom. The van der Waals surface area contributed by atoms with Crippen molar-refractivity contribution in [3.05, 3.63) is 12.4 Å². The largest absolute Gasteiger partial charge is 0.477 e. The molecule has 1 aliphatic rings. The van der Waals surface area contributed by atoms with Crippen molar-refractivity contribution in [2.75, 3.05) is 24.6 Å². The highest BCUT2D eigenvalue weighted by atomic mass is 16.5. The van der Waals surface area contributed by atoms with Crippen molar-refractivity contribution < 1.29 is 4.74 Å². The lowest BCUT2D eigenvalue weighted by molar-refractivity contribution is 0.303. The molecule has 5 heteroatoms. The van der Waals surface area contributed by atoms with E-state index in [9.17, 15) is 0 Å². The van der Waals surface area contributed by atoms with Gasteiger partial charge in [-0.1, -0.05) is 6.92 Å². The average molecular weight is 264 g/mol. The van der Waals surface area contributed by atoms with Crippen molar-refractivity contribution in [2.45, 2.75) is 45.1 Å².